The SMILES string of the molecule is CCOP(=O)(OC)C(NC(=O)OCc1ccccc1)c1ccc(Cl)cc1. The molecule has 26 heavy (non-hydrogen) atoms. The molecule has 0 saturated heterocycles. The number of halogens is 1. The van der Waals surface area contributed by atoms with Crippen molar-refractivity contribution in [2.24, 2.45) is 0 Å². The Morgan fingerprint density at radius 1 is 1.15 bits per heavy atom. The van der Waals surface area contributed by atoms with Crippen LogP contribution < -0.4 is 5.32 Å². The Labute approximate surface area is 157 Å². The first kappa shape index (κ1) is 20.5. The molecule has 0 bridgehead atoms. The van der Waals surface area contributed by atoms with Crippen molar-refractivity contribution in [2.45, 2.75) is 19.3 Å². The van der Waals surface area contributed by atoms with Crippen molar-refractivity contribution in [3.05, 3.63) is 70.7 Å². The van der Waals surface area contributed by atoms with Crippen LogP contribution in [-0.2, 0) is 25.0 Å². The number of hydrogen-bond acceptors (Lipinski definition) is 5. The highest BCUT2D eigenvalue weighted by Gasteiger charge is 2.37. The third kappa shape index (κ3) is 5.58. The average Bonchev–Trinajstić information content (AvgIpc) is 2.66. The molecule has 0 spiro atoms. The Kier molecular flexibility index (Phi) is 7.66. The minimum absolute atomic E-state index is 0.0892. The number of nitrogens with one attached hydrogen (secondary N) is 1. The van der Waals surface area contributed by atoms with Gasteiger partial charge in [-0.3, -0.25) is 4.57 Å². The number of carbonyl (C=O) groups is 1. The maximum atomic E-state index is 13.0. The summed E-state index contributed by atoms with van der Waals surface area (Å²) < 4.78 is 28.7. The van der Waals surface area contributed by atoms with E-state index in [0.29, 0.717) is 10.6 Å². The average molecular weight is 398 g/mol. The molecule has 0 aromatic heterocycles. The Morgan fingerprint density at radius 2 is 1.81 bits per heavy atom. The molecule has 2 unspecified atom stereocenters. The van der Waals surface area contributed by atoms with Crippen LogP contribution in [0.4, 0.5) is 4.79 Å². The first-order valence-electron chi connectivity index (χ1n) is 8.01. The minimum atomic E-state index is -3.65. The molecule has 1 amide bonds. The molecule has 0 saturated carbocycles. The third-order valence-electron chi connectivity index (χ3n) is 3.53. The summed E-state index contributed by atoms with van der Waals surface area (Å²) in [4.78, 5) is 12.2. The van der Waals surface area contributed by atoms with E-state index in [4.69, 9.17) is 25.4 Å². The van der Waals surface area contributed by atoms with Crippen LogP contribution in [0.25, 0.3) is 0 Å². The predicted octanol–water partition coefficient (Wildman–Crippen LogP) is 5.14. The molecule has 0 aliphatic heterocycles. The van der Waals surface area contributed by atoms with Gasteiger partial charge < -0.3 is 19.1 Å². The second kappa shape index (κ2) is 9.74. The Bertz CT molecular complexity index is 754. The molecule has 6 nitrogen and oxygen atoms in total. The molecule has 0 heterocycles. The van der Waals surface area contributed by atoms with Gasteiger partial charge in [0.15, 0.2) is 5.78 Å². The lowest BCUT2D eigenvalue weighted by Gasteiger charge is -2.26. The molecule has 0 aliphatic rings. The maximum absolute atomic E-state index is 13.0. The van der Waals surface area contributed by atoms with Gasteiger partial charge in [-0.15, -0.1) is 0 Å². The van der Waals surface area contributed by atoms with Crippen LogP contribution in [0.1, 0.15) is 23.8 Å². The van der Waals surface area contributed by atoms with E-state index < -0.39 is 19.5 Å². The van der Waals surface area contributed by atoms with E-state index in [2.05, 4.69) is 5.32 Å². The summed E-state index contributed by atoms with van der Waals surface area (Å²) in [5.41, 5.74) is 1.37. The predicted molar refractivity (Wildman–Crippen MR) is 100 cm³/mol. The number of hydrogen-bond donors (Lipinski definition) is 1. The largest absolute Gasteiger partial charge is 0.445 e. The molecule has 2 aromatic carbocycles. The molecule has 2 aromatic rings. The van der Waals surface area contributed by atoms with Gasteiger partial charge in [-0.1, -0.05) is 54.1 Å². The second-order valence-electron chi connectivity index (χ2n) is 5.30. The van der Waals surface area contributed by atoms with Crippen molar-refractivity contribution < 1.29 is 23.1 Å². The maximum Gasteiger partial charge on any atom is 0.408 e. The first-order valence-corrected chi connectivity index (χ1v) is 10.00. The van der Waals surface area contributed by atoms with Crippen molar-refractivity contribution in [1.82, 2.24) is 5.32 Å². The zero-order valence-electron chi connectivity index (χ0n) is 14.6. The van der Waals surface area contributed by atoms with Crippen LogP contribution in [0.5, 0.6) is 0 Å². The summed E-state index contributed by atoms with van der Waals surface area (Å²) in [6.45, 7) is 1.94. The lowest BCUT2D eigenvalue weighted by Crippen LogP contribution is -2.30. The number of carbonyl (C=O) groups excluding carboxylic acids is 1. The molecule has 2 atom stereocenters. The van der Waals surface area contributed by atoms with Crippen LogP contribution >= 0.6 is 19.2 Å². The van der Waals surface area contributed by atoms with E-state index in [1.54, 1.807) is 31.2 Å². The molecule has 140 valence electrons. The summed E-state index contributed by atoms with van der Waals surface area (Å²) in [5, 5.41) is 3.10. The van der Waals surface area contributed by atoms with E-state index in [1.165, 1.54) is 7.11 Å². The van der Waals surface area contributed by atoms with E-state index in [-0.39, 0.29) is 13.2 Å². The zero-order valence-corrected chi connectivity index (χ0v) is 16.2. The number of rotatable bonds is 8. The van der Waals surface area contributed by atoms with Gasteiger partial charge >= 0.3 is 13.7 Å². The highest BCUT2D eigenvalue weighted by atomic mass is 35.5. The van der Waals surface area contributed by atoms with Gasteiger partial charge in [0.25, 0.3) is 0 Å². The molecule has 0 aliphatic carbocycles. The van der Waals surface area contributed by atoms with Gasteiger partial charge in [0.05, 0.1) is 6.61 Å². The molecular formula is C18H21ClNO5P. The summed E-state index contributed by atoms with van der Waals surface area (Å²) in [6, 6.07) is 15.8. The standard InChI is InChI=1S/C18H21ClNO5P/c1-3-25-26(22,23-2)17(15-9-11-16(19)12-10-15)20-18(21)24-13-14-7-5-4-6-8-14/h4-12,17H,3,13H2,1-2H3,(H,20,21). The third-order valence-corrected chi connectivity index (χ3v) is 5.97. The van der Waals surface area contributed by atoms with Crippen LogP contribution in [-0.4, -0.2) is 19.8 Å². The van der Waals surface area contributed by atoms with Crippen molar-refractivity contribution in [3.8, 4) is 0 Å². The number of benzene rings is 2. The normalized spacial score (nSPS) is 14.3. The number of alkyl carbamates (subject to hydrolysis) is 1. The first-order chi connectivity index (χ1) is 12.5. The smallest absolute Gasteiger partial charge is 0.408 e. The monoisotopic (exact) mass is 397 g/mol. The summed E-state index contributed by atoms with van der Waals surface area (Å²) in [5.74, 6) is -1.02. The Morgan fingerprint density at radius 3 is 2.38 bits per heavy atom. The Balaban J connectivity index is 2.16. The fourth-order valence-electron chi connectivity index (χ4n) is 2.28. The van der Waals surface area contributed by atoms with Gasteiger partial charge in [0, 0.05) is 12.1 Å². The number of amides is 1. The topological polar surface area (TPSA) is 73.9 Å². The molecule has 1 N–H and O–H groups in total. The molecule has 2 rings (SSSR count). The van der Waals surface area contributed by atoms with E-state index in [9.17, 15) is 9.36 Å². The zero-order chi connectivity index (χ0) is 19.0. The van der Waals surface area contributed by atoms with Crippen molar-refractivity contribution in [2.75, 3.05) is 13.7 Å². The van der Waals surface area contributed by atoms with Gasteiger partial charge in [0.1, 0.15) is 6.61 Å². The molecule has 8 heteroatoms. The van der Waals surface area contributed by atoms with E-state index in [0.717, 1.165) is 5.56 Å². The van der Waals surface area contributed by atoms with Crippen LogP contribution in [0.2, 0.25) is 5.02 Å². The van der Waals surface area contributed by atoms with Crippen LogP contribution in [0, 0.1) is 0 Å². The summed E-state index contributed by atoms with van der Waals surface area (Å²) in [7, 11) is -2.38. The second-order valence-corrected chi connectivity index (χ2v) is 7.96. The Hall–Kier alpha value is -1.85. The van der Waals surface area contributed by atoms with Crippen molar-refractivity contribution >= 4 is 25.3 Å². The van der Waals surface area contributed by atoms with Crippen LogP contribution in [0.3, 0.4) is 0 Å². The highest BCUT2D eigenvalue weighted by molar-refractivity contribution is 7.54. The number of ether oxygens (including phenoxy) is 1. The van der Waals surface area contributed by atoms with E-state index >= 15 is 0 Å². The fraction of sp³-hybridized carbons (Fsp3) is 0.278. The van der Waals surface area contributed by atoms with Gasteiger partial charge in [0.2, 0.25) is 0 Å². The van der Waals surface area contributed by atoms with Gasteiger partial charge in [-0.2, -0.15) is 0 Å². The fourth-order valence-corrected chi connectivity index (χ4v) is 4.03. The summed E-state index contributed by atoms with van der Waals surface area (Å²) >= 11 is 5.91. The lowest BCUT2D eigenvalue weighted by molar-refractivity contribution is 0.135. The minimum Gasteiger partial charge on any atom is -0.445 e. The quantitative estimate of drug-likeness (QED) is 0.624. The lowest BCUT2D eigenvalue weighted by atomic mass is 10.2. The molecule has 0 radical (unpaired) electrons. The molecule has 0 fully saturated rings. The van der Waals surface area contributed by atoms with Crippen molar-refractivity contribution in [1.29, 1.82) is 0 Å². The summed E-state index contributed by atoms with van der Waals surface area (Å²) in [6.07, 6.45) is -0.731. The molecular weight excluding hydrogens is 377 g/mol. The highest BCUT2D eigenvalue weighted by Crippen LogP contribution is 2.59. The van der Waals surface area contributed by atoms with Gasteiger partial charge in [-0.25, -0.2) is 4.79 Å². The van der Waals surface area contributed by atoms with Gasteiger partial charge in [-0.05, 0) is 30.2 Å². The van der Waals surface area contributed by atoms with E-state index in [1.807, 2.05) is 30.3 Å². The van der Waals surface area contributed by atoms with Crippen LogP contribution in [0.15, 0.2) is 54.6 Å². The van der Waals surface area contributed by atoms with Crippen molar-refractivity contribution in [3.63, 3.8) is 0 Å².